The van der Waals surface area contributed by atoms with E-state index in [0.717, 1.165) is 30.5 Å². The van der Waals surface area contributed by atoms with Crippen molar-refractivity contribution in [2.75, 3.05) is 13.1 Å². The van der Waals surface area contributed by atoms with Crippen LogP contribution < -0.4 is 5.48 Å². The molecule has 2 aromatic carbocycles. The molecule has 2 aliphatic rings. The Morgan fingerprint density at radius 2 is 1.71 bits per heavy atom. The topological polar surface area (TPSA) is 72.9 Å². The number of nitrogens with zero attached hydrogens (tertiary/aromatic N) is 2. The standard InChI is InChI=1S/C29H37N3O3/c1-20-17-31(18-21(2)32(20)19-22-8-10-24(11-9-22)27(33)30-35)28(34)26-7-5-6-25(16-26)23-12-14-29(3,4)15-13-23/h5-12,16,20-21,35H,13-15,17-19H2,1-4H3,(H,30,33). The minimum Gasteiger partial charge on any atom is -0.336 e. The summed E-state index contributed by atoms with van der Waals surface area (Å²) in [6.45, 7) is 11.0. The first-order chi connectivity index (χ1) is 16.7. The van der Waals surface area contributed by atoms with Crippen molar-refractivity contribution in [3.63, 3.8) is 0 Å². The van der Waals surface area contributed by atoms with Gasteiger partial charge in [0.25, 0.3) is 11.8 Å². The summed E-state index contributed by atoms with van der Waals surface area (Å²) < 4.78 is 0. The summed E-state index contributed by atoms with van der Waals surface area (Å²) in [7, 11) is 0. The number of amides is 2. The molecule has 2 N–H and O–H groups in total. The van der Waals surface area contributed by atoms with Crippen LogP contribution in [-0.2, 0) is 6.54 Å². The fourth-order valence-electron chi connectivity index (χ4n) is 5.24. The van der Waals surface area contributed by atoms with Gasteiger partial charge in [0.1, 0.15) is 0 Å². The zero-order valence-corrected chi connectivity index (χ0v) is 21.3. The molecule has 6 heteroatoms. The number of benzene rings is 2. The normalized spacial score (nSPS) is 22.4. The lowest BCUT2D eigenvalue weighted by Gasteiger charge is -2.44. The molecule has 0 aromatic heterocycles. The van der Waals surface area contributed by atoms with E-state index < -0.39 is 5.91 Å². The number of carbonyl (C=O) groups is 2. The van der Waals surface area contributed by atoms with Gasteiger partial charge in [-0.3, -0.25) is 19.7 Å². The molecule has 186 valence electrons. The van der Waals surface area contributed by atoms with Crippen LogP contribution in [0.25, 0.3) is 5.57 Å². The largest absolute Gasteiger partial charge is 0.336 e. The Morgan fingerprint density at radius 3 is 2.31 bits per heavy atom. The summed E-state index contributed by atoms with van der Waals surface area (Å²) >= 11 is 0. The summed E-state index contributed by atoms with van der Waals surface area (Å²) in [5, 5.41) is 8.80. The molecule has 1 aliphatic heterocycles. The number of piperazine rings is 1. The van der Waals surface area contributed by atoms with Crippen molar-refractivity contribution in [2.45, 2.75) is 65.6 Å². The van der Waals surface area contributed by atoms with Crippen molar-refractivity contribution in [3.05, 3.63) is 76.9 Å². The average molecular weight is 476 g/mol. The number of hydrogen-bond donors (Lipinski definition) is 2. The molecule has 1 saturated heterocycles. The van der Waals surface area contributed by atoms with E-state index in [1.54, 1.807) is 17.6 Å². The molecule has 2 atom stereocenters. The molecule has 35 heavy (non-hydrogen) atoms. The third kappa shape index (κ3) is 5.82. The number of hydroxylamine groups is 1. The maximum Gasteiger partial charge on any atom is 0.274 e. The first-order valence-corrected chi connectivity index (χ1v) is 12.5. The van der Waals surface area contributed by atoms with Gasteiger partial charge >= 0.3 is 0 Å². The molecule has 0 spiro atoms. The predicted octanol–water partition coefficient (Wildman–Crippen LogP) is 5.13. The Kier molecular flexibility index (Phi) is 7.43. The van der Waals surface area contributed by atoms with Crippen LogP contribution in [0.4, 0.5) is 0 Å². The van der Waals surface area contributed by atoms with Gasteiger partial charge in [0.2, 0.25) is 0 Å². The quantitative estimate of drug-likeness (QED) is 0.464. The molecule has 1 heterocycles. The van der Waals surface area contributed by atoms with E-state index >= 15 is 0 Å². The van der Waals surface area contributed by atoms with E-state index in [9.17, 15) is 9.59 Å². The molecule has 2 unspecified atom stereocenters. The van der Waals surface area contributed by atoms with Gasteiger partial charge in [0, 0.05) is 42.8 Å². The summed E-state index contributed by atoms with van der Waals surface area (Å²) in [6, 6.07) is 15.8. The van der Waals surface area contributed by atoms with E-state index in [0.29, 0.717) is 24.1 Å². The highest BCUT2D eigenvalue weighted by Gasteiger charge is 2.32. The first kappa shape index (κ1) is 25.1. The van der Waals surface area contributed by atoms with Crippen LogP contribution in [0.2, 0.25) is 0 Å². The van der Waals surface area contributed by atoms with Gasteiger partial charge in [-0.15, -0.1) is 0 Å². The Morgan fingerprint density at radius 1 is 1.03 bits per heavy atom. The highest BCUT2D eigenvalue weighted by Crippen LogP contribution is 2.38. The van der Waals surface area contributed by atoms with Crippen LogP contribution >= 0.6 is 0 Å². The highest BCUT2D eigenvalue weighted by molar-refractivity contribution is 5.95. The predicted molar refractivity (Wildman–Crippen MR) is 138 cm³/mol. The van der Waals surface area contributed by atoms with E-state index in [-0.39, 0.29) is 18.0 Å². The summed E-state index contributed by atoms with van der Waals surface area (Å²) in [5.74, 6) is -0.417. The molecular weight excluding hydrogens is 438 g/mol. The Bertz CT molecular complexity index is 1090. The monoisotopic (exact) mass is 475 g/mol. The van der Waals surface area contributed by atoms with Crippen LogP contribution in [-0.4, -0.2) is 52.0 Å². The van der Waals surface area contributed by atoms with Crippen molar-refractivity contribution in [2.24, 2.45) is 5.41 Å². The lowest BCUT2D eigenvalue weighted by molar-refractivity contribution is 0.0269. The minimum atomic E-state index is -0.516. The van der Waals surface area contributed by atoms with Crippen LogP contribution in [0.5, 0.6) is 0 Å². The molecule has 6 nitrogen and oxygen atoms in total. The van der Waals surface area contributed by atoms with E-state index in [1.807, 2.05) is 29.2 Å². The molecular formula is C29H37N3O3. The van der Waals surface area contributed by atoms with Gasteiger partial charge in [-0.25, -0.2) is 5.48 Å². The second kappa shape index (κ2) is 10.3. The fourth-order valence-corrected chi connectivity index (χ4v) is 5.24. The summed E-state index contributed by atoms with van der Waals surface area (Å²) in [4.78, 5) is 29.4. The molecule has 0 radical (unpaired) electrons. The van der Waals surface area contributed by atoms with Gasteiger partial charge in [0.05, 0.1) is 0 Å². The maximum atomic E-state index is 13.5. The number of carbonyl (C=O) groups excluding carboxylic acids is 2. The average Bonchev–Trinajstić information content (AvgIpc) is 2.85. The van der Waals surface area contributed by atoms with E-state index in [4.69, 9.17) is 5.21 Å². The zero-order valence-electron chi connectivity index (χ0n) is 21.3. The summed E-state index contributed by atoms with van der Waals surface area (Å²) in [5.41, 5.74) is 6.82. The van der Waals surface area contributed by atoms with Gasteiger partial charge in [0.15, 0.2) is 0 Å². The smallest absolute Gasteiger partial charge is 0.274 e. The van der Waals surface area contributed by atoms with Crippen molar-refractivity contribution in [1.29, 1.82) is 0 Å². The van der Waals surface area contributed by atoms with Crippen LogP contribution in [0.3, 0.4) is 0 Å². The number of rotatable bonds is 5. The minimum absolute atomic E-state index is 0.0984. The van der Waals surface area contributed by atoms with Gasteiger partial charge in [-0.05, 0) is 79.5 Å². The van der Waals surface area contributed by atoms with Crippen molar-refractivity contribution in [1.82, 2.24) is 15.3 Å². The molecule has 4 rings (SSSR count). The van der Waals surface area contributed by atoms with Crippen LogP contribution in [0.1, 0.15) is 78.8 Å². The molecule has 2 aromatic rings. The van der Waals surface area contributed by atoms with Gasteiger partial charge in [-0.1, -0.05) is 44.2 Å². The van der Waals surface area contributed by atoms with Crippen molar-refractivity contribution < 1.29 is 14.8 Å². The number of allylic oxidation sites excluding steroid dienone is 2. The third-order valence-corrected chi connectivity index (χ3v) is 7.52. The number of nitrogens with one attached hydrogen (secondary N) is 1. The summed E-state index contributed by atoms with van der Waals surface area (Å²) in [6.07, 6.45) is 5.65. The third-order valence-electron chi connectivity index (χ3n) is 7.52. The Labute approximate surface area is 208 Å². The Balaban J connectivity index is 1.42. The zero-order chi connectivity index (χ0) is 25.2. The fraction of sp³-hybridized carbons (Fsp3) is 0.448. The van der Waals surface area contributed by atoms with Gasteiger partial charge < -0.3 is 4.90 Å². The van der Waals surface area contributed by atoms with Crippen LogP contribution in [0.15, 0.2) is 54.6 Å². The van der Waals surface area contributed by atoms with Crippen molar-refractivity contribution >= 4 is 17.4 Å². The molecule has 1 aliphatic carbocycles. The van der Waals surface area contributed by atoms with Gasteiger partial charge in [-0.2, -0.15) is 0 Å². The second-order valence-electron chi connectivity index (χ2n) is 10.9. The molecule has 2 amide bonds. The SMILES string of the molecule is CC1CN(C(=O)c2cccc(C3=CCC(C)(C)CC3)c2)CC(C)N1Cc1ccc(C(=O)NO)cc1. The molecule has 0 saturated carbocycles. The van der Waals surface area contributed by atoms with Crippen LogP contribution in [0, 0.1) is 5.41 Å². The van der Waals surface area contributed by atoms with E-state index in [1.165, 1.54) is 17.6 Å². The molecule has 0 bridgehead atoms. The highest BCUT2D eigenvalue weighted by atomic mass is 16.5. The second-order valence-corrected chi connectivity index (χ2v) is 10.9. The van der Waals surface area contributed by atoms with E-state index in [2.05, 4.69) is 50.8 Å². The lowest BCUT2D eigenvalue weighted by Crippen LogP contribution is -2.57. The first-order valence-electron chi connectivity index (χ1n) is 12.5. The molecule has 1 fully saturated rings. The number of hydrogen-bond acceptors (Lipinski definition) is 4. The lowest BCUT2D eigenvalue weighted by atomic mass is 9.77. The Hall–Kier alpha value is -2.96. The van der Waals surface area contributed by atoms with Crippen molar-refractivity contribution in [3.8, 4) is 0 Å². The maximum absolute atomic E-state index is 13.5.